The first-order valence-electron chi connectivity index (χ1n) is 8.09. The number of benzene rings is 1. The van der Waals surface area contributed by atoms with Crippen molar-refractivity contribution in [1.82, 2.24) is 5.32 Å². The molecule has 2 aliphatic heterocycles. The van der Waals surface area contributed by atoms with Gasteiger partial charge < -0.3 is 20.7 Å². The first-order valence-corrected chi connectivity index (χ1v) is 8.09. The summed E-state index contributed by atoms with van der Waals surface area (Å²) in [7, 11) is 0. The van der Waals surface area contributed by atoms with Gasteiger partial charge in [0.2, 0.25) is 11.8 Å². The first kappa shape index (κ1) is 16.0. The van der Waals surface area contributed by atoms with Gasteiger partial charge in [0, 0.05) is 38.4 Å². The fraction of sp³-hybridized carbons (Fsp3) is 0.529. The molecule has 2 aliphatic rings. The molecule has 1 aromatic rings. The highest BCUT2D eigenvalue weighted by Gasteiger charge is 2.41. The normalized spacial score (nSPS) is 23.8. The monoisotopic (exact) mass is 317 g/mol. The fourth-order valence-electron chi connectivity index (χ4n) is 3.29. The zero-order valence-corrected chi connectivity index (χ0v) is 13.2. The average molecular weight is 317 g/mol. The van der Waals surface area contributed by atoms with Crippen molar-refractivity contribution in [2.24, 2.45) is 11.1 Å². The second kappa shape index (κ2) is 6.68. The molecule has 2 saturated heterocycles. The molecule has 3 N–H and O–H groups in total. The topological polar surface area (TPSA) is 84.7 Å². The molecule has 6 nitrogen and oxygen atoms in total. The van der Waals surface area contributed by atoms with Crippen LogP contribution in [0.3, 0.4) is 0 Å². The van der Waals surface area contributed by atoms with E-state index in [0.717, 1.165) is 5.69 Å². The number of rotatable bonds is 4. The lowest BCUT2D eigenvalue weighted by atomic mass is 9.79. The van der Waals surface area contributed by atoms with Crippen molar-refractivity contribution in [1.29, 1.82) is 0 Å². The molecule has 0 aliphatic carbocycles. The standard InChI is InChI=1S/C17H23N3O3/c18-12-17(6-8-23-9-7-17)16(22)19-13-10-15(21)20(11-13)14-4-2-1-3-5-14/h1-5,13H,6-12,18H2,(H,19,22). The molecule has 0 aromatic heterocycles. The van der Waals surface area contributed by atoms with Crippen molar-refractivity contribution in [2.75, 3.05) is 31.2 Å². The van der Waals surface area contributed by atoms with Crippen LogP contribution in [0, 0.1) is 5.41 Å². The summed E-state index contributed by atoms with van der Waals surface area (Å²) in [5, 5.41) is 3.03. The van der Waals surface area contributed by atoms with Crippen LogP contribution in [0.5, 0.6) is 0 Å². The van der Waals surface area contributed by atoms with E-state index in [4.69, 9.17) is 10.5 Å². The van der Waals surface area contributed by atoms with Gasteiger partial charge in [-0.25, -0.2) is 0 Å². The number of para-hydroxylation sites is 1. The van der Waals surface area contributed by atoms with Crippen molar-refractivity contribution in [3.05, 3.63) is 30.3 Å². The van der Waals surface area contributed by atoms with E-state index in [-0.39, 0.29) is 17.9 Å². The lowest BCUT2D eigenvalue weighted by Crippen LogP contribution is -2.52. The predicted octanol–water partition coefficient (Wildman–Crippen LogP) is 0.664. The highest BCUT2D eigenvalue weighted by atomic mass is 16.5. The van der Waals surface area contributed by atoms with Crippen LogP contribution in [0.15, 0.2) is 30.3 Å². The Balaban J connectivity index is 1.65. The Hall–Kier alpha value is -1.92. The Morgan fingerprint density at radius 1 is 1.30 bits per heavy atom. The zero-order valence-electron chi connectivity index (χ0n) is 13.2. The summed E-state index contributed by atoms with van der Waals surface area (Å²) in [5.41, 5.74) is 6.18. The van der Waals surface area contributed by atoms with Gasteiger partial charge in [-0.1, -0.05) is 18.2 Å². The van der Waals surface area contributed by atoms with E-state index in [0.29, 0.717) is 45.6 Å². The van der Waals surface area contributed by atoms with Crippen LogP contribution in [0.2, 0.25) is 0 Å². The van der Waals surface area contributed by atoms with E-state index in [2.05, 4.69) is 5.32 Å². The number of amides is 2. The van der Waals surface area contributed by atoms with E-state index < -0.39 is 5.41 Å². The second-order valence-electron chi connectivity index (χ2n) is 6.31. The minimum Gasteiger partial charge on any atom is -0.381 e. The molecule has 23 heavy (non-hydrogen) atoms. The van der Waals surface area contributed by atoms with Gasteiger partial charge >= 0.3 is 0 Å². The summed E-state index contributed by atoms with van der Waals surface area (Å²) in [5.74, 6) is -0.00807. The molecule has 0 bridgehead atoms. The second-order valence-corrected chi connectivity index (χ2v) is 6.31. The minimum atomic E-state index is -0.554. The highest BCUT2D eigenvalue weighted by molar-refractivity contribution is 5.97. The third kappa shape index (κ3) is 3.23. The largest absolute Gasteiger partial charge is 0.381 e. The third-order valence-corrected chi connectivity index (χ3v) is 4.85. The van der Waals surface area contributed by atoms with E-state index in [1.165, 1.54) is 0 Å². The van der Waals surface area contributed by atoms with Crippen molar-refractivity contribution in [3.8, 4) is 0 Å². The van der Waals surface area contributed by atoms with Gasteiger partial charge in [-0.2, -0.15) is 0 Å². The SMILES string of the molecule is NCC1(C(=O)NC2CC(=O)N(c3ccccc3)C2)CCOCC1. The van der Waals surface area contributed by atoms with Crippen molar-refractivity contribution < 1.29 is 14.3 Å². The fourth-order valence-corrected chi connectivity index (χ4v) is 3.29. The molecule has 6 heteroatoms. The van der Waals surface area contributed by atoms with Crippen LogP contribution in [0.25, 0.3) is 0 Å². The lowest BCUT2D eigenvalue weighted by molar-refractivity contribution is -0.136. The zero-order chi connectivity index (χ0) is 16.3. The summed E-state index contributed by atoms with van der Waals surface area (Å²) < 4.78 is 5.34. The molecule has 0 radical (unpaired) electrons. The van der Waals surface area contributed by atoms with E-state index in [1.54, 1.807) is 4.90 Å². The maximum Gasteiger partial charge on any atom is 0.229 e. The number of anilines is 1. The lowest BCUT2D eigenvalue weighted by Gasteiger charge is -2.35. The van der Waals surface area contributed by atoms with Crippen molar-refractivity contribution in [3.63, 3.8) is 0 Å². The number of hydrogen-bond donors (Lipinski definition) is 2. The van der Waals surface area contributed by atoms with Gasteiger partial charge in [0.1, 0.15) is 0 Å². The summed E-state index contributed by atoms with van der Waals surface area (Å²) >= 11 is 0. The van der Waals surface area contributed by atoms with Crippen LogP contribution in [-0.2, 0) is 14.3 Å². The molecule has 2 heterocycles. The van der Waals surface area contributed by atoms with Crippen LogP contribution < -0.4 is 16.0 Å². The maximum atomic E-state index is 12.7. The van der Waals surface area contributed by atoms with Crippen LogP contribution in [0.4, 0.5) is 5.69 Å². The number of ether oxygens (including phenoxy) is 1. The third-order valence-electron chi connectivity index (χ3n) is 4.85. The van der Waals surface area contributed by atoms with Gasteiger partial charge in [0.25, 0.3) is 0 Å². The summed E-state index contributed by atoms with van der Waals surface area (Å²) in [4.78, 5) is 26.6. The molecule has 1 aromatic carbocycles. The van der Waals surface area contributed by atoms with E-state index in [9.17, 15) is 9.59 Å². The smallest absolute Gasteiger partial charge is 0.229 e. The summed E-state index contributed by atoms with van der Waals surface area (Å²) in [6.07, 6.45) is 1.61. The molecule has 2 fully saturated rings. The average Bonchev–Trinajstić information content (AvgIpc) is 2.96. The molecule has 124 valence electrons. The van der Waals surface area contributed by atoms with Gasteiger partial charge in [-0.05, 0) is 25.0 Å². The minimum absolute atomic E-state index is 0.0373. The molecular weight excluding hydrogens is 294 g/mol. The molecule has 2 amide bonds. The first-order chi connectivity index (χ1) is 11.1. The molecule has 1 atom stereocenters. The maximum absolute atomic E-state index is 12.7. The van der Waals surface area contributed by atoms with E-state index in [1.807, 2.05) is 30.3 Å². The summed E-state index contributed by atoms with van der Waals surface area (Å²) in [6, 6.07) is 9.37. The predicted molar refractivity (Wildman–Crippen MR) is 86.9 cm³/mol. The molecular formula is C17H23N3O3. The Morgan fingerprint density at radius 3 is 2.65 bits per heavy atom. The number of nitrogens with two attached hydrogens (primary N) is 1. The van der Waals surface area contributed by atoms with Gasteiger partial charge in [-0.3, -0.25) is 9.59 Å². The Kier molecular flexibility index (Phi) is 4.63. The Morgan fingerprint density at radius 2 is 2.00 bits per heavy atom. The quantitative estimate of drug-likeness (QED) is 0.854. The van der Waals surface area contributed by atoms with Crippen LogP contribution in [-0.4, -0.2) is 44.2 Å². The number of carbonyl (C=O) groups is 2. The van der Waals surface area contributed by atoms with Gasteiger partial charge in [0.05, 0.1) is 11.5 Å². The van der Waals surface area contributed by atoms with Crippen LogP contribution in [0.1, 0.15) is 19.3 Å². The van der Waals surface area contributed by atoms with Crippen LogP contribution >= 0.6 is 0 Å². The molecule has 1 unspecified atom stereocenters. The molecule has 0 spiro atoms. The molecule has 3 rings (SSSR count). The Bertz CT molecular complexity index is 570. The number of hydrogen-bond acceptors (Lipinski definition) is 4. The van der Waals surface area contributed by atoms with Gasteiger partial charge in [0.15, 0.2) is 0 Å². The highest BCUT2D eigenvalue weighted by Crippen LogP contribution is 2.30. The van der Waals surface area contributed by atoms with Gasteiger partial charge in [-0.15, -0.1) is 0 Å². The Labute approximate surface area is 136 Å². The number of nitrogens with one attached hydrogen (secondary N) is 1. The molecule has 0 saturated carbocycles. The van der Waals surface area contributed by atoms with Crippen molar-refractivity contribution >= 4 is 17.5 Å². The summed E-state index contributed by atoms with van der Waals surface area (Å²) in [6.45, 7) is 1.94. The van der Waals surface area contributed by atoms with Crippen molar-refractivity contribution in [2.45, 2.75) is 25.3 Å². The number of nitrogens with zero attached hydrogens (tertiary/aromatic N) is 1. The number of carbonyl (C=O) groups excluding carboxylic acids is 2. The van der Waals surface area contributed by atoms with E-state index >= 15 is 0 Å².